The van der Waals surface area contributed by atoms with Crippen LogP contribution in [0, 0.1) is 0 Å². The van der Waals surface area contributed by atoms with Gasteiger partial charge in [-0.15, -0.1) is 0 Å². The molecule has 0 amide bonds. The quantitative estimate of drug-likeness (QED) is 0.230. The number of hydrogen-bond acceptors (Lipinski definition) is 9. The fourth-order valence-electron chi connectivity index (χ4n) is 0.964. The predicted molar refractivity (Wildman–Crippen MR) is 79.2 cm³/mol. The molecule has 10 nitrogen and oxygen atoms in total. The molecule has 0 radical (unpaired) electrons. The average molecular weight is 355 g/mol. The van der Waals surface area contributed by atoms with Crippen LogP contribution in [0.5, 0.6) is 0 Å². The van der Waals surface area contributed by atoms with Gasteiger partial charge in [0.25, 0.3) is 0 Å². The van der Waals surface area contributed by atoms with E-state index >= 15 is 0 Å². The zero-order valence-corrected chi connectivity index (χ0v) is 13.8. The highest BCUT2D eigenvalue weighted by Gasteiger charge is 2.40. The average Bonchev–Trinajstić information content (AvgIpc) is 2.46. The Kier molecular flexibility index (Phi) is 10.3. The van der Waals surface area contributed by atoms with Crippen LogP contribution in [0.25, 0.3) is 0 Å². The van der Waals surface area contributed by atoms with Gasteiger partial charge in [0.05, 0.1) is 7.11 Å². The highest BCUT2D eigenvalue weighted by molar-refractivity contribution is 7.80. The zero-order valence-electron chi connectivity index (χ0n) is 13.0. The molecule has 0 aromatic rings. The smallest absolute Gasteiger partial charge is 0.397 e. The Morgan fingerprint density at radius 2 is 1.39 bits per heavy atom. The van der Waals surface area contributed by atoms with E-state index in [9.17, 15) is 23.1 Å². The van der Waals surface area contributed by atoms with Crippen molar-refractivity contribution in [3.63, 3.8) is 0 Å². The largest absolute Gasteiger partial charge is 0.455 e. The summed E-state index contributed by atoms with van der Waals surface area (Å²) in [6, 6.07) is 0. The van der Waals surface area contributed by atoms with Crippen molar-refractivity contribution >= 4 is 22.3 Å². The molecule has 11 heteroatoms. The molecule has 0 aliphatic carbocycles. The summed E-state index contributed by atoms with van der Waals surface area (Å²) in [7, 11) is -3.29. The molecule has 0 saturated heterocycles. The Balaban J connectivity index is 0. The molecule has 134 valence electrons. The second kappa shape index (κ2) is 10.1. The second-order valence-corrected chi connectivity index (χ2v) is 5.24. The molecule has 23 heavy (non-hydrogen) atoms. The first-order chi connectivity index (χ1) is 10.3. The van der Waals surface area contributed by atoms with Crippen LogP contribution in [0.1, 0.15) is 13.8 Å². The normalized spacial score (nSPS) is 15.7. The maximum absolute atomic E-state index is 10.9. The lowest BCUT2D eigenvalue weighted by molar-refractivity contribution is -0.184. The van der Waals surface area contributed by atoms with E-state index in [0.717, 1.165) is 19.3 Å². The van der Waals surface area contributed by atoms with E-state index in [1.165, 1.54) is 13.8 Å². The van der Waals surface area contributed by atoms with Gasteiger partial charge in [0.2, 0.25) is 0 Å². The van der Waals surface area contributed by atoms with Crippen LogP contribution in [0.15, 0.2) is 25.3 Å². The van der Waals surface area contributed by atoms with Gasteiger partial charge in [0.15, 0.2) is 5.72 Å². The van der Waals surface area contributed by atoms with Crippen molar-refractivity contribution in [2.45, 2.75) is 31.8 Å². The molecule has 0 aromatic heterocycles. The third kappa shape index (κ3) is 10.5. The molecular formula is C12H21NO9S. The summed E-state index contributed by atoms with van der Waals surface area (Å²) in [5.41, 5.74) is 3.54. The van der Waals surface area contributed by atoms with Crippen molar-refractivity contribution in [3.8, 4) is 0 Å². The lowest BCUT2D eigenvalue weighted by atomic mass is 10.0. The Hall–Kier alpha value is -1.79. The standard InChI is InChI=1S/C11H17NO5.CH4O4S/c1-5-9(13)16-7(3)11(12,15)8(4)17-10(14)6-2;1-5-6(2,3)4/h5-8,15H,1-2,12H2,3-4H3;1H3,(H,2,3,4). The van der Waals surface area contributed by atoms with Gasteiger partial charge in [0.1, 0.15) is 12.2 Å². The molecule has 2 unspecified atom stereocenters. The first-order valence-corrected chi connectivity index (χ1v) is 7.38. The number of esters is 2. The van der Waals surface area contributed by atoms with E-state index in [1.54, 1.807) is 0 Å². The van der Waals surface area contributed by atoms with Gasteiger partial charge < -0.3 is 14.6 Å². The van der Waals surface area contributed by atoms with Gasteiger partial charge in [-0.1, -0.05) is 13.2 Å². The third-order valence-electron chi connectivity index (χ3n) is 2.43. The van der Waals surface area contributed by atoms with Gasteiger partial charge >= 0.3 is 22.3 Å². The predicted octanol–water partition coefficient (Wildman–Crippen LogP) is -0.695. The molecule has 0 aliphatic rings. The van der Waals surface area contributed by atoms with Crippen molar-refractivity contribution in [1.29, 1.82) is 0 Å². The van der Waals surface area contributed by atoms with E-state index < -0.39 is 40.3 Å². The zero-order chi connectivity index (χ0) is 18.8. The van der Waals surface area contributed by atoms with Crippen molar-refractivity contribution in [2.75, 3.05) is 7.11 Å². The van der Waals surface area contributed by atoms with Crippen LogP contribution in [0.2, 0.25) is 0 Å². The van der Waals surface area contributed by atoms with Crippen LogP contribution < -0.4 is 5.73 Å². The number of carbonyl (C=O) groups excluding carboxylic acids is 2. The van der Waals surface area contributed by atoms with Gasteiger partial charge in [0, 0.05) is 12.2 Å². The highest BCUT2D eigenvalue weighted by Crippen LogP contribution is 2.16. The Morgan fingerprint density at radius 3 is 1.57 bits per heavy atom. The summed E-state index contributed by atoms with van der Waals surface area (Å²) in [5.74, 6) is -1.47. The number of rotatable bonds is 7. The molecule has 0 saturated carbocycles. The molecule has 0 fully saturated rings. The van der Waals surface area contributed by atoms with Crippen LogP contribution in [0.4, 0.5) is 0 Å². The Labute approximate surface area is 134 Å². The summed E-state index contributed by atoms with van der Waals surface area (Å²) in [4.78, 5) is 21.9. The number of nitrogens with two attached hydrogens (primary N) is 1. The van der Waals surface area contributed by atoms with E-state index in [1.807, 2.05) is 0 Å². The van der Waals surface area contributed by atoms with Crippen LogP contribution in [-0.2, 0) is 33.6 Å². The minimum Gasteiger partial charge on any atom is -0.455 e. The van der Waals surface area contributed by atoms with E-state index in [0.29, 0.717) is 0 Å². The molecular weight excluding hydrogens is 334 g/mol. The maximum Gasteiger partial charge on any atom is 0.397 e. The van der Waals surface area contributed by atoms with Gasteiger partial charge in [-0.3, -0.25) is 14.5 Å². The molecule has 0 heterocycles. The summed E-state index contributed by atoms with van der Waals surface area (Å²) in [6.07, 6.45) is -0.263. The molecule has 0 rings (SSSR count). The van der Waals surface area contributed by atoms with Crippen molar-refractivity contribution in [3.05, 3.63) is 25.3 Å². The first-order valence-electron chi connectivity index (χ1n) is 6.02. The number of ether oxygens (including phenoxy) is 2. The minimum absolute atomic E-state index is 0.733. The number of aliphatic hydroxyl groups is 1. The molecule has 4 N–H and O–H groups in total. The lowest BCUT2D eigenvalue weighted by Crippen LogP contribution is -2.59. The first kappa shape index (κ1) is 23.5. The second-order valence-electron chi connectivity index (χ2n) is 4.05. The minimum atomic E-state index is -4.16. The van der Waals surface area contributed by atoms with E-state index in [-0.39, 0.29) is 0 Å². The lowest BCUT2D eigenvalue weighted by Gasteiger charge is -2.33. The number of carbonyl (C=O) groups is 2. The summed E-state index contributed by atoms with van der Waals surface area (Å²) < 4.78 is 39.2. The fourth-order valence-corrected chi connectivity index (χ4v) is 0.964. The van der Waals surface area contributed by atoms with Gasteiger partial charge in [-0.2, -0.15) is 8.42 Å². The molecule has 0 bridgehead atoms. The topological polar surface area (TPSA) is 162 Å². The molecule has 0 aliphatic heterocycles. The fraction of sp³-hybridized carbons (Fsp3) is 0.500. The third-order valence-corrected chi connectivity index (χ3v) is 2.85. The summed E-state index contributed by atoms with van der Waals surface area (Å²) in [5, 5.41) is 9.90. The number of hydrogen-bond donors (Lipinski definition) is 3. The van der Waals surface area contributed by atoms with Crippen LogP contribution in [-0.4, -0.2) is 55.1 Å². The highest BCUT2D eigenvalue weighted by atomic mass is 32.3. The molecule has 0 spiro atoms. The molecule has 0 aromatic carbocycles. The molecule has 2 atom stereocenters. The van der Waals surface area contributed by atoms with Crippen molar-refractivity contribution < 1.29 is 41.3 Å². The van der Waals surface area contributed by atoms with Crippen LogP contribution in [0.3, 0.4) is 0 Å². The van der Waals surface area contributed by atoms with E-state index in [4.69, 9.17) is 19.8 Å². The van der Waals surface area contributed by atoms with Gasteiger partial charge in [-0.25, -0.2) is 9.59 Å². The van der Waals surface area contributed by atoms with Crippen molar-refractivity contribution in [2.24, 2.45) is 5.73 Å². The van der Waals surface area contributed by atoms with Gasteiger partial charge in [-0.05, 0) is 13.8 Å². The monoisotopic (exact) mass is 355 g/mol. The Morgan fingerprint density at radius 1 is 1.13 bits per heavy atom. The SMILES string of the molecule is C=CC(=O)OC(C)C(N)(O)C(C)OC(=O)C=C.COS(=O)(=O)O. The van der Waals surface area contributed by atoms with Crippen LogP contribution >= 0.6 is 0 Å². The van der Waals surface area contributed by atoms with E-state index in [2.05, 4.69) is 17.3 Å². The summed E-state index contributed by atoms with van der Waals surface area (Å²) >= 11 is 0. The maximum atomic E-state index is 10.9. The van der Waals surface area contributed by atoms with Crippen molar-refractivity contribution in [1.82, 2.24) is 0 Å². The summed E-state index contributed by atoms with van der Waals surface area (Å²) in [6.45, 7) is 9.16. The Bertz CT molecular complexity index is 497.